The minimum Gasteiger partial charge on any atom is -0.465 e. The molecule has 7 heteroatoms. The Morgan fingerprint density at radius 1 is 1.21 bits per heavy atom. The molecule has 0 radical (unpaired) electrons. The number of esters is 1. The van der Waals surface area contributed by atoms with E-state index in [9.17, 15) is 14.4 Å². The van der Waals surface area contributed by atoms with Gasteiger partial charge in [-0.3, -0.25) is 9.59 Å². The van der Waals surface area contributed by atoms with Gasteiger partial charge in [0.25, 0.3) is 0 Å². The molecular formula is C17H20N2O4S. The number of benzene rings is 1. The zero-order valence-corrected chi connectivity index (χ0v) is 14.7. The molecule has 1 N–H and O–H groups in total. The minimum atomic E-state index is -0.709. The molecule has 0 bridgehead atoms. The predicted octanol–water partition coefficient (Wildman–Crippen LogP) is 2.28. The standard InChI is InChI=1S/C17H20N2O4S/c1-4-19(5-2)13(20)10-24-16-14(17(22)23-3)15(21)11-8-6-7-9-12(11)18-16/h6-9H,4-5,10H2,1-3H3,(H,18,21). The van der Waals surface area contributed by atoms with Crippen molar-refractivity contribution in [2.24, 2.45) is 0 Å². The number of hydrogen-bond acceptors (Lipinski definition) is 5. The summed E-state index contributed by atoms with van der Waals surface area (Å²) >= 11 is 1.14. The van der Waals surface area contributed by atoms with Gasteiger partial charge in [-0.1, -0.05) is 23.9 Å². The molecule has 0 aliphatic heterocycles. The molecule has 0 fully saturated rings. The predicted molar refractivity (Wildman–Crippen MR) is 94.6 cm³/mol. The summed E-state index contributed by atoms with van der Waals surface area (Å²) in [7, 11) is 1.23. The average molecular weight is 348 g/mol. The number of pyridine rings is 1. The summed E-state index contributed by atoms with van der Waals surface area (Å²) in [5.41, 5.74) is 0.162. The van der Waals surface area contributed by atoms with Crippen LogP contribution in [0.4, 0.5) is 0 Å². The zero-order valence-electron chi connectivity index (χ0n) is 13.9. The second kappa shape index (κ2) is 8.01. The lowest BCUT2D eigenvalue weighted by Crippen LogP contribution is -2.32. The number of ether oxygens (including phenoxy) is 1. The Labute approximate surface area is 144 Å². The first kappa shape index (κ1) is 18.1. The lowest BCUT2D eigenvalue weighted by atomic mass is 10.1. The highest BCUT2D eigenvalue weighted by atomic mass is 32.2. The van der Waals surface area contributed by atoms with Crippen LogP contribution in [-0.4, -0.2) is 47.7 Å². The molecule has 24 heavy (non-hydrogen) atoms. The van der Waals surface area contributed by atoms with E-state index in [0.717, 1.165) is 11.8 Å². The van der Waals surface area contributed by atoms with Gasteiger partial charge in [0.15, 0.2) is 0 Å². The largest absolute Gasteiger partial charge is 0.465 e. The SMILES string of the molecule is CCN(CC)C(=O)CSc1[nH]c2ccccc2c(=O)c1C(=O)OC. The van der Waals surface area contributed by atoms with Crippen LogP contribution in [-0.2, 0) is 9.53 Å². The number of methoxy groups -OCH3 is 1. The van der Waals surface area contributed by atoms with Crippen LogP contribution in [0, 0.1) is 0 Å². The molecule has 6 nitrogen and oxygen atoms in total. The van der Waals surface area contributed by atoms with Crippen molar-refractivity contribution in [1.29, 1.82) is 0 Å². The van der Waals surface area contributed by atoms with Crippen LogP contribution in [0.25, 0.3) is 10.9 Å². The van der Waals surface area contributed by atoms with Gasteiger partial charge in [-0.15, -0.1) is 0 Å². The first-order valence-corrected chi connectivity index (χ1v) is 8.65. The lowest BCUT2D eigenvalue weighted by molar-refractivity contribution is -0.127. The van der Waals surface area contributed by atoms with Crippen LogP contribution < -0.4 is 5.43 Å². The number of nitrogens with zero attached hydrogens (tertiary/aromatic N) is 1. The summed E-state index contributed by atoms with van der Waals surface area (Å²) in [6, 6.07) is 6.94. The average Bonchev–Trinajstić information content (AvgIpc) is 2.60. The molecule has 0 spiro atoms. The molecule has 0 unspecified atom stereocenters. The second-order valence-electron chi connectivity index (χ2n) is 5.05. The molecule has 2 rings (SSSR count). The number of hydrogen-bond donors (Lipinski definition) is 1. The topological polar surface area (TPSA) is 79.5 Å². The van der Waals surface area contributed by atoms with Gasteiger partial charge in [-0.2, -0.15) is 0 Å². The Morgan fingerprint density at radius 3 is 2.50 bits per heavy atom. The van der Waals surface area contributed by atoms with E-state index in [4.69, 9.17) is 4.74 Å². The molecule has 1 amide bonds. The van der Waals surface area contributed by atoms with Crippen molar-refractivity contribution in [2.75, 3.05) is 26.0 Å². The lowest BCUT2D eigenvalue weighted by Gasteiger charge is -2.18. The van der Waals surface area contributed by atoms with Gasteiger partial charge < -0.3 is 14.6 Å². The van der Waals surface area contributed by atoms with Crippen molar-refractivity contribution in [3.8, 4) is 0 Å². The van der Waals surface area contributed by atoms with E-state index < -0.39 is 11.4 Å². The zero-order chi connectivity index (χ0) is 17.7. The van der Waals surface area contributed by atoms with E-state index in [1.165, 1.54) is 7.11 Å². The van der Waals surface area contributed by atoms with Gasteiger partial charge in [0.05, 0.1) is 23.4 Å². The monoisotopic (exact) mass is 348 g/mol. The number of aromatic amines is 1. The summed E-state index contributed by atoms with van der Waals surface area (Å²) in [5, 5.41) is 0.767. The van der Waals surface area contributed by atoms with Crippen LogP contribution in [0.5, 0.6) is 0 Å². The summed E-state index contributed by atoms with van der Waals surface area (Å²) in [4.78, 5) is 41.6. The first-order valence-electron chi connectivity index (χ1n) is 7.67. The van der Waals surface area contributed by atoms with Crippen LogP contribution in [0.15, 0.2) is 34.1 Å². The number of nitrogens with one attached hydrogen (secondary N) is 1. The van der Waals surface area contributed by atoms with E-state index in [1.807, 2.05) is 13.8 Å². The maximum absolute atomic E-state index is 12.6. The van der Waals surface area contributed by atoms with Crippen LogP contribution in [0.1, 0.15) is 24.2 Å². The van der Waals surface area contributed by atoms with Crippen molar-refractivity contribution >= 4 is 34.5 Å². The smallest absolute Gasteiger partial charge is 0.344 e. The summed E-state index contributed by atoms with van der Waals surface area (Å²) in [5.74, 6) is -0.616. The number of aromatic nitrogens is 1. The molecule has 128 valence electrons. The van der Waals surface area contributed by atoms with Gasteiger partial charge in [-0.25, -0.2) is 4.79 Å². The molecule has 2 aromatic rings. The van der Waals surface area contributed by atoms with Crippen molar-refractivity contribution in [1.82, 2.24) is 9.88 Å². The number of carbonyl (C=O) groups excluding carboxylic acids is 2. The molecule has 0 saturated carbocycles. The Balaban J connectivity index is 2.43. The number of para-hydroxylation sites is 1. The van der Waals surface area contributed by atoms with Crippen molar-refractivity contribution in [3.05, 3.63) is 40.1 Å². The van der Waals surface area contributed by atoms with E-state index in [0.29, 0.717) is 29.0 Å². The molecule has 0 saturated heterocycles. The van der Waals surface area contributed by atoms with Gasteiger partial charge >= 0.3 is 5.97 Å². The van der Waals surface area contributed by atoms with E-state index in [2.05, 4.69) is 4.98 Å². The summed E-state index contributed by atoms with van der Waals surface area (Å²) in [6.45, 7) is 5.05. The number of H-pyrrole nitrogens is 1. The fourth-order valence-corrected chi connectivity index (χ4v) is 3.36. The fraction of sp³-hybridized carbons (Fsp3) is 0.353. The highest BCUT2D eigenvalue weighted by Gasteiger charge is 2.21. The van der Waals surface area contributed by atoms with Gasteiger partial charge in [0, 0.05) is 18.5 Å². The van der Waals surface area contributed by atoms with Crippen molar-refractivity contribution < 1.29 is 14.3 Å². The Hall–Kier alpha value is -2.28. The first-order chi connectivity index (χ1) is 11.5. The Bertz CT molecular complexity index is 812. The van der Waals surface area contributed by atoms with Crippen molar-refractivity contribution in [3.63, 3.8) is 0 Å². The minimum absolute atomic E-state index is 0.0465. The second-order valence-corrected chi connectivity index (χ2v) is 6.04. The third-order valence-corrected chi connectivity index (χ3v) is 4.71. The number of fused-ring (bicyclic) bond motifs is 1. The van der Waals surface area contributed by atoms with Gasteiger partial charge in [0.2, 0.25) is 11.3 Å². The molecule has 0 aliphatic rings. The van der Waals surface area contributed by atoms with E-state index >= 15 is 0 Å². The van der Waals surface area contributed by atoms with E-state index in [-0.39, 0.29) is 17.2 Å². The van der Waals surface area contributed by atoms with Gasteiger partial charge in [0.1, 0.15) is 5.56 Å². The molecule has 0 atom stereocenters. The molecule has 1 aromatic heterocycles. The van der Waals surface area contributed by atoms with Gasteiger partial charge in [-0.05, 0) is 26.0 Å². The highest BCUT2D eigenvalue weighted by molar-refractivity contribution is 8.00. The quantitative estimate of drug-likeness (QED) is 0.640. The highest BCUT2D eigenvalue weighted by Crippen LogP contribution is 2.22. The molecule has 0 aliphatic carbocycles. The fourth-order valence-electron chi connectivity index (χ4n) is 2.41. The third-order valence-electron chi connectivity index (χ3n) is 3.72. The summed E-state index contributed by atoms with van der Waals surface area (Å²) in [6.07, 6.45) is 0. The Kier molecular flexibility index (Phi) is 6.03. The number of carbonyl (C=O) groups is 2. The Morgan fingerprint density at radius 2 is 1.88 bits per heavy atom. The van der Waals surface area contributed by atoms with Crippen molar-refractivity contribution in [2.45, 2.75) is 18.9 Å². The summed E-state index contributed by atoms with van der Waals surface area (Å²) < 4.78 is 4.74. The van der Waals surface area contributed by atoms with Crippen LogP contribution in [0.3, 0.4) is 0 Å². The van der Waals surface area contributed by atoms with E-state index in [1.54, 1.807) is 29.2 Å². The third kappa shape index (κ3) is 3.62. The van der Waals surface area contributed by atoms with Crippen LogP contribution in [0.2, 0.25) is 0 Å². The number of rotatable bonds is 6. The molecular weight excluding hydrogens is 328 g/mol. The maximum atomic E-state index is 12.6. The molecule has 1 aromatic carbocycles. The molecule has 1 heterocycles. The normalized spacial score (nSPS) is 10.6. The number of thioether (sulfide) groups is 1. The van der Waals surface area contributed by atoms with Crippen LogP contribution >= 0.6 is 11.8 Å². The maximum Gasteiger partial charge on any atom is 0.344 e. The number of amides is 1.